The van der Waals surface area contributed by atoms with Crippen molar-refractivity contribution in [2.75, 3.05) is 6.54 Å². The van der Waals surface area contributed by atoms with E-state index in [0.717, 1.165) is 24.1 Å². The smallest absolute Gasteiger partial charge is 0.105 e. The number of quaternary nitrogens is 1. The van der Waals surface area contributed by atoms with E-state index in [1.807, 2.05) is 0 Å². The van der Waals surface area contributed by atoms with Gasteiger partial charge in [-0.1, -0.05) is 149 Å². The normalized spacial score (nSPS) is 11.8. The molecule has 3 aromatic carbocycles. The molecular weight excluding hydrogens is 458 g/mol. The largest absolute Gasteiger partial charge is 0.312 e. The van der Waals surface area contributed by atoms with E-state index in [1.54, 1.807) is 0 Å². The van der Waals surface area contributed by atoms with Crippen molar-refractivity contribution >= 4 is 0 Å². The summed E-state index contributed by atoms with van der Waals surface area (Å²) in [6, 6.07) is 33.4. The molecule has 0 aliphatic heterocycles. The van der Waals surface area contributed by atoms with Gasteiger partial charge in [0.15, 0.2) is 0 Å². The molecule has 0 unspecified atom stereocenters. The second kappa shape index (κ2) is 18.6. The van der Waals surface area contributed by atoms with Gasteiger partial charge in [-0.3, -0.25) is 0 Å². The van der Waals surface area contributed by atoms with Crippen molar-refractivity contribution in [3.63, 3.8) is 0 Å². The summed E-state index contributed by atoms with van der Waals surface area (Å²) in [4.78, 5) is 0. The van der Waals surface area contributed by atoms with Gasteiger partial charge in [0.1, 0.15) is 19.6 Å². The molecule has 0 aromatic heterocycles. The molecule has 0 radical (unpaired) electrons. The second-order valence-corrected chi connectivity index (χ2v) is 11.2. The van der Waals surface area contributed by atoms with Crippen LogP contribution in [0.5, 0.6) is 0 Å². The minimum absolute atomic E-state index is 1.08. The maximum atomic E-state index is 2.43. The minimum atomic E-state index is 1.08. The number of hydrogen-bond acceptors (Lipinski definition) is 0. The third-order valence-corrected chi connectivity index (χ3v) is 7.73. The van der Waals surface area contributed by atoms with Crippen molar-refractivity contribution in [1.29, 1.82) is 0 Å². The fraction of sp³-hybridized carbons (Fsp3) is 0.459. The molecule has 204 valence electrons. The molecular formula is C37H52N+. The highest BCUT2D eigenvalue weighted by Crippen LogP contribution is 2.26. The first-order chi connectivity index (χ1) is 18.8. The molecule has 0 spiro atoms. The molecule has 3 rings (SSSR count). The number of unbranched alkanes of at least 4 members (excludes halogenated alkanes) is 10. The maximum Gasteiger partial charge on any atom is 0.105 e. The Morgan fingerprint density at radius 3 is 1.24 bits per heavy atom. The van der Waals surface area contributed by atoms with Gasteiger partial charge in [-0.25, -0.2) is 0 Å². The van der Waals surface area contributed by atoms with Crippen LogP contribution < -0.4 is 0 Å². The lowest BCUT2D eigenvalue weighted by Crippen LogP contribution is -2.46. The Morgan fingerprint density at radius 1 is 0.447 bits per heavy atom. The highest BCUT2D eigenvalue weighted by atomic mass is 15.3. The fourth-order valence-corrected chi connectivity index (χ4v) is 5.66. The topological polar surface area (TPSA) is 0 Å². The Labute approximate surface area is 234 Å². The molecule has 0 aliphatic rings. The predicted octanol–water partition coefficient (Wildman–Crippen LogP) is 10.7. The molecule has 0 heterocycles. The van der Waals surface area contributed by atoms with Gasteiger partial charge in [-0.15, -0.1) is 0 Å². The summed E-state index contributed by atoms with van der Waals surface area (Å²) >= 11 is 0. The molecule has 0 bridgehead atoms. The molecule has 0 saturated carbocycles. The molecule has 0 N–H and O–H groups in total. The summed E-state index contributed by atoms with van der Waals surface area (Å²) in [5, 5.41) is 0. The summed E-state index contributed by atoms with van der Waals surface area (Å²) in [6.07, 6.45) is 21.0. The monoisotopic (exact) mass is 510 g/mol. The van der Waals surface area contributed by atoms with Crippen molar-refractivity contribution in [1.82, 2.24) is 0 Å². The van der Waals surface area contributed by atoms with E-state index in [4.69, 9.17) is 0 Å². The van der Waals surface area contributed by atoms with E-state index in [-0.39, 0.29) is 0 Å². The van der Waals surface area contributed by atoms with E-state index in [9.17, 15) is 0 Å². The molecule has 38 heavy (non-hydrogen) atoms. The first kappa shape index (κ1) is 29.9. The molecule has 0 atom stereocenters. The molecule has 0 saturated heterocycles. The number of hydrogen-bond donors (Lipinski definition) is 0. The van der Waals surface area contributed by atoms with E-state index in [2.05, 4.69) is 110 Å². The van der Waals surface area contributed by atoms with Crippen LogP contribution in [-0.2, 0) is 19.6 Å². The Morgan fingerprint density at radius 2 is 0.816 bits per heavy atom. The van der Waals surface area contributed by atoms with Crippen LogP contribution in [-0.4, -0.2) is 11.0 Å². The van der Waals surface area contributed by atoms with Crippen LogP contribution in [0.3, 0.4) is 0 Å². The van der Waals surface area contributed by atoms with Crippen molar-refractivity contribution in [2.24, 2.45) is 0 Å². The zero-order chi connectivity index (χ0) is 26.6. The average Bonchev–Trinajstić information content (AvgIpc) is 2.95. The fourth-order valence-electron chi connectivity index (χ4n) is 5.66. The van der Waals surface area contributed by atoms with Crippen LogP contribution in [0.4, 0.5) is 0 Å². The van der Waals surface area contributed by atoms with Crippen molar-refractivity contribution in [2.45, 2.75) is 104 Å². The van der Waals surface area contributed by atoms with Gasteiger partial charge in [0.25, 0.3) is 0 Å². The summed E-state index contributed by atoms with van der Waals surface area (Å²) in [6.45, 7) is 6.74. The summed E-state index contributed by atoms with van der Waals surface area (Å²) < 4.78 is 1.08. The van der Waals surface area contributed by atoms with Crippen LogP contribution in [0, 0.1) is 0 Å². The van der Waals surface area contributed by atoms with Crippen LogP contribution in [0.2, 0.25) is 0 Å². The highest BCUT2D eigenvalue weighted by Gasteiger charge is 2.28. The minimum Gasteiger partial charge on any atom is -0.312 e. The summed E-state index contributed by atoms with van der Waals surface area (Å²) in [5.41, 5.74) is 4.32. The molecule has 0 amide bonds. The van der Waals surface area contributed by atoms with Crippen LogP contribution in [0.1, 0.15) is 101 Å². The predicted molar refractivity (Wildman–Crippen MR) is 166 cm³/mol. The van der Waals surface area contributed by atoms with E-state index in [1.165, 1.54) is 100 Å². The zero-order valence-electron chi connectivity index (χ0n) is 24.1. The standard InChI is InChI=1S/C37H52N/c1-2-3-4-5-6-7-8-9-10-11-12-13-14-24-31-38(32-35-25-18-15-19-26-35,33-36-27-20-16-21-28-36)34-37-29-22-17-23-30-37/h8-9,15-23,25-30H,2-7,10-14,24,31-34H2,1H3/q+1/b9-8+. The first-order valence-electron chi connectivity index (χ1n) is 15.4. The Bertz CT molecular complexity index is 876. The lowest BCUT2D eigenvalue weighted by atomic mass is 10.0. The van der Waals surface area contributed by atoms with Gasteiger partial charge >= 0.3 is 0 Å². The number of nitrogens with zero attached hydrogens (tertiary/aromatic N) is 1. The van der Waals surface area contributed by atoms with Crippen molar-refractivity contribution in [3.8, 4) is 0 Å². The highest BCUT2D eigenvalue weighted by molar-refractivity contribution is 5.17. The lowest BCUT2D eigenvalue weighted by molar-refractivity contribution is -0.966. The van der Waals surface area contributed by atoms with Crippen LogP contribution >= 0.6 is 0 Å². The second-order valence-electron chi connectivity index (χ2n) is 11.2. The van der Waals surface area contributed by atoms with Gasteiger partial charge in [-0.2, -0.15) is 0 Å². The number of rotatable bonds is 20. The number of allylic oxidation sites excluding steroid dienone is 2. The molecule has 0 aliphatic carbocycles. The Hall–Kier alpha value is -2.64. The van der Waals surface area contributed by atoms with Crippen molar-refractivity contribution < 1.29 is 4.48 Å². The summed E-state index contributed by atoms with van der Waals surface area (Å²) in [5.74, 6) is 0. The molecule has 1 heteroatoms. The molecule has 0 fully saturated rings. The first-order valence-corrected chi connectivity index (χ1v) is 15.4. The van der Waals surface area contributed by atoms with Crippen molar-refractivity contribution in [3.05, 3.63) is 120 Å². The zero-order valence-corrected chi connectivity index (χ0v) is 24.1. The van der Waals surface area contributed by atoms with Crippen LogP contribution in [0.15, 0.2) is 103 Å². The van der Waals surface area contributed by atoms with E-state index >= 15 is 0 Å². The van der Waals surface area contributed by atoms with E-state index in [0.29, 0.717) is 0 Å². The van der Waals surface area contributed by atoms with Gasteiger partial charge in [0.2, 0.25) is 0 Å². The Kier molecular flexibility index (Phi) is 14.6. The van der Waals surface area contributed by atoms with Gasteiger partial charge in [0.05, 0.1) is 6.54 Å². The number of benzene rings is 3. The quantitative estimate of drug-likeness (QED) is 0.0805. The third kappa shape index (κ3) is 12.3. The van der Waals surface area contributed by atoms with Gasteiger partial charge in [-0.05, 0) is 38.5 Å². The molecule has 1 nitrogen and oxygen atoms in total. The van der Waals surface area contributed by atoms with Gasteiger partial charge in [0, 0.05) is 16.7 Å². The SMILES string of the molecule is CCCCCCC/C=C/CCCCCCC[N+](Cc1ccccc1)(Cc1ccccc1)Cc1ccccc1. The van der Waals surface area contributed by atoms with Crippen LogP contribution in [0.25, 0.3) is 0 Å². The Balaban J connectivity index is 1.52. The lowest BCUT2D eigenvalue weighted by Gasteiger charge is -2.39. The van der Waals surface area contributed by atoms with Gasteiger partial charge < -0.3 is 4.48 Å². The maximum absolute atomic E-state index is 2.43. The summed E-state index contributed by atoms with van der Waals surface area (Å²) in [7, 11) is 0. The third-order valence-electron chi connectivity index (χ3n) is 7.73. The molecule has 3 aromatic rings. The van der Waals surface area contributed by atoms with E-state index < -0.39 is 0 Å². The average molecular weight is 511 g/mol.